The standard InChI is InChI=1S/CF4.2N/c2-1(3,4)5;;. The smallest absolute Gasteiger partial charge is 0.140 e. The van der Waals surface area contributed by atoms with Crippen LogP contribution in [0, 0.1) is 0 Å². The highest BCUT2D eigenvalue weighted by Crippen LogP contribution is 2.13. The zero-order valence-corrected chi connectivity index (χ0v) is 2.91. The average Bonchev–Trinajstić information content (AvgIpc) is 0.722. The number of alkyl halides is 4. The molecule has 0 heterocycles. The lowest BCUT2D eigenvalue weighted by molar-refractivity contribution is -0.237. The van der Waals surface area contributed by atoms with Crippen molar-refractivity contribution in [1.82, 2.24) is 12.3 Å². The van der Waals surface area contributed by atoms with Crippen molar-refractivity contribution in [3.63, 3.8) is 0 Å². The molecule has 0 bridgehead atoms. The molecule has 0 amide bonds. The molecular formula is CF4N2. The highest BCUT2D eigenvalue weighted by molar-refractivity contribution is 4.08. The van der Waals surface area contributed by atoms with E-state index in [0.717, 1.165) is 0 Å². The van der Waals surface area contributed by atoms with Crippen LogP contribution in [0.1, 0.15) is 0 Å². The van der Waals surface area contributed by atoms with E-state index in [-0.39, 0.29) is 12.3 Å². The summed E-state index contributed by atoms with van der Waals surface area (Å²) in [6, 6.07) is 0. The summed E-state index contributed by atoms with van der Waals surface area (Å²) in [7, 11) is 0. The van der Waals surface area contributed by atoms with Crippen LogP contribution in [0.25, 0.3) is 0 Å². The van der Waals surface area contributed by atoms with E-state index in [4.69, 9.17) is 0 Å². The highest BCUT2D eigenvalue weighted by Gasteiger charge is 2.24. The number of hydrogen-bond acceptors (Lipinski definition) is 0. The first kappa shape index (κ1) is 15.9. The highest BCUT2D eigenvalue weighted by atomic mass is 19.5. The number of rotatable bonds is 0. The Balaban J connectivity index is -0.0000000800. The fourth-order valence-electron chi connectivity index (χ4n) is 0. The molecule has 0 N–H and O–H groups in total. The van der Waals surface area contributed by atoms with Crippen LogP contribution in [-0.4, -0.2) is 6.43 Å². The maximum Gasteiger partial charge on any atom is 0.559 e. The van der Waals surface area contributed by atoms with Gasteiger partial charge in [0, 0.05) is 12.3 Å². The third-order valence-corrected chi connectivity index (χ3v) is 0. The van der Waals surface area contributed by atoms with Crippen LogP contribution in [0.3, 0.4) is 0 Å². The summed E-state index contributed by atoms with van der Waals surface area (Å²) >= 11 is 0. The van der Waals surface area contributed by atoms with Crippen molar-refractivity contribution < 1.29 is 17.6 Å². The lowest BCUT2D eigenvalue weighted by Crippen LogP contribution is -1.92. The van der Waals surface area contributed by atoms with Gasteiger partial charge in [0.1, 0.15) is 0 Å². The molecule has 42 valence electrons. The molecule has 2 nitrogen and oxygen atoms in total. The van der Waals surface area contributed by atoms with Crippen molar-refractivity contribution in [3.8, 4) is 0 Å². The summed E-state index contributed by atoms with van der Waals surface area (Å²) in [6.45, 7) is 0. The molecule has 0 saturated carbocycles. The van der Waals surface area contributed by atoms with Crippen LogP contribution in [-0.2, 0) is 0 Å². The van der Waals surface area contributed by atoms with Crippen molar-refractivity contribution in [2.24, 2.45) is 0 Å². The monoisotopic (exact) mass is 116 g/mol. The van der Waals surface area contributed by atoms with Crippen molar-refractivity contribution in [2.45, 2.75) is 6.43 Å². The Bertz CT molecular complexity index is 25.2. The van der Waals surface area contributed by atoms with E-state index < -0.39 is 6.43 Å². The Hall–Kier alpha value is -0.360. The quantitative estimate of drug-likeness (QED) is 0.414. The van der Waals surface area contributed by atoms with Gasteiger partial charge in [0.15, 0.2) is 0 Å². The minimum absolute atomic E-state index is 0. The Morgan fingerprint density at radius 2 is 0.714 bits per heavy atom. The van der Waals surface area contributed by atoms with Gasteiger partial charge in [0.2, 0.25) is 0 Å². The maximum absolute atomic E-state index is 9.69. The van der Waals surface area contributed by atoms with Gasteiger partial charge >= 0.3 is 6.43 Å². The van der Waals surface area contributed by atoms with Crippen molar-refractivity contribution >= 4 is 0 Å². The summed E-state index contributed by atoms with van der Waals surface area (Å²) < 4.78 is 38.8. The van der Waals surface area contributed by atoms with Crippen molar-refractivity contribution in [1.29, 1.82) is 0 Å². The molecule has 0 saturated heterocycles. The summed E-state index contributed by atoms with van der Waals surface area (Å²) in [5.41, 5.74) is 0. The fourth-order valence-corrected chi connectivity index (χ4v) is 0. The van der Waals surface area contributed by atoms with Crippen molar-refractivity contribution in [2.75, 3.05) is 0 Å². The van der Waals surface area contributed by atoms with E-state index >= 15 is 0 Å². The number of halogens is 4. The second kappa shape index (κ2) is 3.82. The molecule has 0 aromatic carbocycles. The van der Waals surface area contributed by atoms with Gasteiger partial charge in [-0.2, -0.15) is 0 Å². The first-order chi connectivity index (χ1) is 2.00. The molecular weight excluding hydrogens is 116 g/mol. The zero-order chi connectivity index (χ0) is 4.50. The summed E-state index contributed by atoms with van der Waals surface area (Å²) in [6.07, 6.45) is -5.50. The Morgan fingerprint density at radius 1 is 0.714 bits per heavy atom. The van der Waals surface area contributed by atoms with Gasteiger partial charge in [-0.25, -0.2) is 0 Å². The normalized spacial score (nSPS) is 8.57. The third kappa shape index (κ3) is 577. The maximum atomic E-state index is 9.69. The van der Waals surface area contributed by atoms with Crippen LogP contribution in [0.5, 0.6) is 0 Å². The molecule has 0 aromatic heterocycles. The molecule has 0 fully saturated rings. The number of hydrogen-bond donors (Lipinski definition) is 0. The largest absolute Gasteiger partial charge is 0.559 e. The number of nitrogens with zero attached hydrogens (tertiary/aromatic N) is 2. The van der Waals surface area contributed by atoms with Gasteiger partial charge in [-0.05, 0) is 0 Å². The van der Waals surface area contributed by atoms with E-state index in [0.29, 0.717) is 0 Å². The first-order valence-electron chi connectivity index (χ1n) is 0.756. The topological polar surface area (TPSA) is 61.0 Å². The molecule has 6 radical (unpaired) electrons. The average molecular weight is 116 g/mol. The minimum atomic E-state index is -5.50. The van der Waals surface area contributed by atoms with Gasteiger partial charge in [-0.3, -0.25) is 0 Å². The molecule has 0 aliphatic rings. The molecule has 6 heteroatoms. The van der Waals surface area contributed by atoms with Crippen LogP contribution in [0.4, 0.5) is 17.6 Å². The molecule has 7 heavy (non-hydrogen) atoms. The Labute approximate surface area is 37.7 Å². The molecule has 0 aliphatic carbocycles. The van der Waals surface area contributed by atoms with Gasteiger partial charge in [0.05, 0.1) is 0 Å². The predicted octanol–water partition coefficient (Wildman–Crippen LogP) is 0.514. The fraction of sp³-hybridized carbons (Fsp3) is 1.00. The van der Waals surface area contributed by atoms with Crippen LogP contribution >= 0.6 is 0 Å². The molecule has 0 rings (SSSR count). The predicted molar refractivity (Wildman–Crippen MR) is 11.4 cm³/mol. The summed E-state index contributed by atoms with van der Waals surface area (Å²) in [5.74, 6) is 0. The summed E-state index contributed by atoms with van der Waals surface area (Å²) in [5, 5.41) is 0. The van der Waals surface area contributed by atoms with Crippen molar-refractivity contribution in [3.05, 3.63) is 0 Å². The van der Waals surface area contributed by atoms with Gasteiger partial charge in [-0.1, -0.05) is 0 Å². The zero-order valence-electron chi connectivity index (χ0n) is 2.91. The lowest BCUT2D eigenvalue weighted by atomic mass is 11.5. The van der Waals surface area contributed by atoms with Crippen LogP contribution in [0.15, 0.2) is 0 Å². The van der Waals surface area contributed by atoms with Gasteiger partial charge in [0.25, 0.3) is 0 Å². The molecule has 0 aliphatic heterocycles. The molecule has 0 unspecified atom stereocenters. The Morgan fingerprint density at radius 3 is 0.714 bits per heavy atom. The first-order valence-corrected chi connectivity index (χ1v) is 0.756. The molecule has 0 spiro atoms. The second-order valence-corrected chi connectivity index (χ2v) is 0.429. The van der Waals surface area contributed by atoms with Crippen LogP contribution in [0.2, 0.25) is 0 Å². The van der Waals surface area contributed by atoms with E-state index in [9.17, 15) is 17.6 Å². The van der Waals surface area contributed by atoms with E-state index in [1.807, 2.05) is 0 Å². The third-order valence-electron chi connectivity index (χ3n) is 0. The second-order valence-electron chi connectivity index (χ2n) is 0.429. The van der Waals surface area contributed by atoms with E-state index in [1.54, 1.807) is 0 Å². The van der Waals surface area contributed by atoms with Gasteiger partial charge in [-0.15, -0.1) is 17.6 Å². The minimum Gasteiger partial charge on any atom is -0.140 e. The van der Waals surface area contributed by atoms with E-state index in [2.05, 4.69) is 0 Å². The molecule has 0 atom stereocenters. The lowest BCUT2D eigenvalue weighted by Gasteiger charge is -1.82. The Kier molecular flexibility index (Phi) is 8.69. The van der Waals surface area contributed by atoms with Gasteiger partial charge < -0.3 is 0 Å². The van der Waals surface area contributed by atoms with E-state index in [1.165, 1.54) is 0 Å². The van der Waals surface area contributed by atoms with Crippen LogP contribution < -0.4 is 12.3 Å². The SMILES string of the molecule is FC(F)(F)F.[N].[N]. The summed E-state index contributed by atoms with van der Waals surface area (Å²) in [4.78, 5) is 0. The molecule has 0 aromatic rings.